The van der Waals surface area contributed by atoms with Gasteiger partial charge in [0, 0.05) is 29.0 Å². The molecule has 0 unspecified atom stereocenters. The summed E-state index contributed by atoms with van der Waals surface area (Å²) >= 11 is 6.24. The lowest BCUT2D eigenvalue weighted by atomic mass is 9.96. The first-order valence-corrected chi connectivity index (χ1v) is 11.6. The standard InChI is InChI=1S/C26H25ClN2O5/c1-3-33-26(32)18-6-4-5-17(13-18)21-14-19(27)7-10-24(21)34-12-11-29-16(2)28-23-9-8-20(30)15-22(23)25(29)31/h4-7,10,13-14H,3,8-9,11-12,15H2,1-2H3. The molecule has 4 rings (SSSR count). The highest BCUT2D eigenvalue weighted by molar-refractivity contribution is 6.31. The molecule has 1 aromatic heterocycles. The molecule has 0 amide bonds. The van der Waals surface area contributed by atoms with E-state index < -0.39 is 5.97 Å². The molecule has 176 valence electrons. The van der Waals surface area contributed by atoms with Crippen LogP contribution in [0.5, 0.6) is 5.75 Å². The Morgan fingerprint density at radius 3 is 2.76 bits per heavy atom. The molecule has 8 heteroatoms. The smallest absolute Gasteiger partial charge is 0.338 e. The zero-order valence-electron chi connectivity index (χ0n) is 19.1. The summed E-state index contributed by atoms with van der Waals surface area (Å²) in [6.07, 6.45) is 1.09. The molecule has 0 radical (unpaired) electrons. The van der Waals surface area contributed by atoms with Crippen molar-refractivity contribution in [3.63, 3.8) is 0 Å². The number of benzene rings is 2. The number of aryl methyl sites for hydroxylation is 2. The molecule has 3 aromatic rings. The number of ketones is 1. The molecule has 0 aliphatic heterocycles. The number of ether oxygens (including phenoxy) is 2. The van der Waals surface area contributed by atoms with Crippen LogP contribution in [0.25, 0.3) is 11.1 Å². The summed E-state index contributed by atoms with van der Waals surface area (Å²) in [4.78, 5) is 41.5. The van der Waals surface area contributed by atoms with E-state index in [1.807, 2.05) is 6.07 Å². The molecule has 7 nitrogen and oxygen atoms in total. The van der Waals surface area contributed by atoms with Gasteiger partial charge in [-0.2, -0.15) is 0 Å². The second-order valence-electron chi connectivity index (χ2n) is 8.05. The van der Waals surface area contributed by atoms with E-state index in [0.717, 1.165) is 16.8 Å². The first-order valence-electron chi connectivity index (χ1n) is 11.2. The van der Waals surface area contributed by atoms with Crippen molar-refractivity contribution in [2.24, 2.45) is 0 Å². The van der Waals surface area contributed by atoms with Gasteiger partial charge in [-0.3, -0.25) is 14.2 Å². The Morgan fingerprint density at radius 2 is 1.97 bits per heavy atom. The second-order valence-corrected chi connectivity index (χ2v) is 8.48. The molecule has 0 spiro atoms. The van der Waals surface area contributed by atoms with E-state index in [9.17, 15) is 14.4 Å². The number of hydrogen-bond donors (Lipinski definition) is 0. The van der Waals surface area contributed by atoms with Gasteiger partial charge < -0.3 is 9.47 Å². The molecule has 0 saturated heterocycles. The molecule has 0 fully saturated rings. The van der Waals surface area contributed by atoms with E-state index in [0.29, 0.717) is 47.2 Å². The van der Waals surface area contributed by atoms with Gasteiger partial charge in [-0.05, 0) is 56.2 Å². The van der Waals surface area contributed by atoms with Gasteiger partial charge in [-0.25, -0.2) is 9.78 Å². The van der Waals surface area contributed by atoms with Crippen LogP contribution in [0.15, 0.2) is 47.3 Å². The maximum Gasteiger partial charge on any atom is 0.338 e. The Labute approximate surface area is 202 Å². The van der Waals surface area contributed by atoms with Crippen molar-refractivity contribution < 1.29 is 19.1 Å². The van der Waals surface area contributed by atoms with Gasteiger partial charge in [0.05, 0.1) is 24.4 Å². The molecule has 1 heterocycles. The maximum absolute atomic E-state index is 13.0. The van der Waals surface area contributed by atoms with Crippen LogP contribution in [-0.2, 0) is 28.9 Å². The Kier molecular flexibility index (Phi) is 7.12. The number of halogens is 1. The zero-order chi connectivity index (χ0) is 24.2. The Bertz CT molecular complexity index is 1320. The van der Waals surface area contributed by atoms with Crippen molar-refractivity contribution in [1.82, 2.24) is 9.55 Å². The largest absolute Gasteiger partial charge is 0.491 e. The fraction of sp³-hybridized carbons (Fsp3) is 0.308. The highest BCUT2D eigenvalue weighted by Crippen LogP contribution is 2.33. The van der Waals surface area contributed by atoms with E-state index in [1.165, 1.54) is 0 Å². The molecular weight excluding hydrogens is 456 g/mol. The Hall–Kier alpha value is -3.45. The van der Waals surface area contributed by atoms with Gasteiger partial charge in [-0.1, -0.05) is 23.7 Å². The van der Waals surface area contributed by atoms with Crippen molar-refractivity contribution in [3.05, 3.63) is 80.5 Å². The van der Waals surface area contributed by atoms with Crippen molar-refractivity contribution in [3.8, 4) is 16.9 Å². The highest BCUT2D eigenvalue weighted by Gasteiger charge is 2.22. The Balaban J connectivity index is 1.56. The SMILES string of the molecule is CCOC(=O)c1cccc(-c2cc(Cl)ccc2OCCn2c(C)nc3c(c2=O)CC(=O)CC3)c1. The molecule has 1 aliphatic carbocycles. The van der Waals surface area contributed by atoms with Crippen molar-refractivity contribution in [2.45, 2.75) is 39.7 Å². The lowest BCUT2D eigenvalue weighted by molar-refractivity contribution is -0.118. The Morgan fingerprint density at radius 1 is 1.15 bits per heavy atom. The fourth-order valence-corrected chi connectivity index (χ4v) is 4.25. The topological polar surface area (TPSA) is 87.5 Å². The number of carbonyl (C=O) groups excluding carboxylic acids is 2. The van der Waals surface area contributed by atoms with Crippen LogP contribution >= 0.6 is 11.6 Å². The molecule has 2 aromatic carbocycles. The minimum Gasteiger partial charge on any atom is -0.491 e. The number of aromatic nitrogens is 2. The maximum atomic E-state index is 13.0. The molecule has 0 saturated carbocycles. The number of esters is 1. The van der Waals surface area contributed by atoms with Crippen LogP contribution in [0.1, 0.15) is 40.8 Å². The average Bonchev–Trinajstić information content (AvgIpc) is 2.83. The van der Waals surface area contributed by atoms with E-state index >= 15 is 0 Å². The molecule has 0 bridgehead atoms. The highest BCUT2D eigenvalue weighted by atomic mass is 35.5. The number of Topliss-reactive ketones (excluding diaryl/α,β-unsaturated/α-hetero) is 1. The normalized spacial score (nSPS) is 12.9. The molecule has 0 N–H and O–H groups in total. The van der Waals surface area contributed by atoms with E-state index in [2.05, 4.69) is 4.98 Å². The quantitative estimate of drug-likeness (QED) is 0.471. The van der Waals surface area contributed by atoms with Crippen LogP contribution in [0.2, 0.25) is 5.02 Å². The predicted octanol–water partition coefficient (Wildman–Crippen LogP) is 4.19. The fourth-order valence-electron chi connectivity index (χ4n) is 4.08. The van der Waals surface area contributed by atoms with Crippen molar-refractivity contribution in [1.29, 1.82) is 0 Å². The minimum absolute atomic E-state index is 0.0638. The van der Waals surface area contributed by atoms with Gasteiger partial charge in [0.25, 0.3) is 5.56 Å². The summed E-state index contributed by atoms with van der Waals surface area (Å²) in [5.41, 5.74) is 2.94. The average molecular weight is 481 g/mol. The summed E-state index contributed by atoms with van der Waals surface area (Å²) in [6.45, 7) is 4.32. The summed E-state index contributed by atoms with van der Waals surface area (Å²) < 4.78 is 12.7. The first-order chi connectivity index (χ1) is 16.4. The van der Waals surface area contributed by atoms with Crippen LogP contribution in [0.3, 0.4) is 0 Å². The van der Waals surface area contributed by atoms with Crippen LogP contribution in [0.4, 0.5) is 0 Å². The van der Waals surface area contributed by atoms with E-state index in [1.54, 1.807) is 54.8 Å². The minimum atomic E-state index is -0.401. The summed E-state index contributed by atoms with van der Waals surface area (Å²) in [6, 6.07) is 12.3. The van der Waals surface area contributed by atoms with E-state index in [-0.39, 0.29) is 30.9 Å². The van der Waals surface area contributed by atoms with E-state index in [4.69, 9.17) is 21.1 Å². The molecule has 0 atom stereocenters. The van der Waals surface area contributed by atoms with Gasteiger partial charge in [0.2, 0.25) is 0 Å². The molecular formula is C26H25ClN2O5. The van der Waals surface area contributed by atoms with Crippen LogP contribution in [0, 0.1) is 6.92 Å². The number of carbonyl (C=O) groups is 2. The number of nitrogens with zero attached hydrogens (tertiary/aromatic N) is 2. The third-order valence-corrected chi connectivity index (χ3v) is 5.99. The van der Waals surface area contributed by atoms with Crippen molar-refractivity contribution >= 4 is 23.4 Å². The molecule has 34 heavy (non-hydrogen) atoms. The first kappa shape index (κ1) is 23.7. The second kappa shape index (κ2) is 10.2. The van der Waals surface area contributed by atoms with Gasteiger partial charge in [-0.15, -0.1) is 0 Å². The third kappa shape index (κ3) is 5.04. The third-order valence-electron chi connectivity index (χ3n) is 5.75. The zero-order valence-corrected chi connectivity index (χ0v) is 19.9. The number of hydrogen-bond acceptors (Lipinski definition) is 6. The van der Waals surface area contributed by atoms with Crippen molar-refractivity contribution in [2.75, 3.05) is 13.2 Å². The lowest BCUT2D eigenvalue weighted by Gasteiger charge is -2.18. The summed E-state index contributed by atoms with van der Waals surface area (Å²) in [5, 5.41) is 0.527. The van der Waals surface area contributed by atoms with Crippen LogP contribution < -0.4 is 10.3 Å². The lowest BCUT2D eigenvalue weighted by Crippen LogP contribution is -2.34. The summed E-state index contributed by atoms with van der Waals surface area (Å²) in [5.74, 6) is 0.827. The number of rotatable bonds is 7. The summed E-state index contributed by atoms with van der Waals surface area (Å²) in [7, 11) is 0. The molecule has 1 aliphatic rings. The monoisotopic (exact) mass is 480 g/mol. The van der Waals surface area contributed by atoms with Gasteiger partial charge in [0.1, 0.15) is 24.0 Å². The number of fused-ring (bicyclic) bond motifs is 1. The van der Waals surface area contributed by atoms with Crippen LogP contribution in [-0.4, -0.2) is 34.5 Å². The van der Waals surface area contributed by atoms with Gasteiger partial charge >= 0.3 is 5.97 Å². The predicted molar refractivity (Wildman–Crippen MR) is 129 cm³/mol. The van der Waals surface area contributed by atoms with Gasteiger partial charge in [0.15, 0.2) is 0 Å².